The summed E-state index contributed by atoms with van der Waals surface area (Å²) in [5, 5.41) is 3.37. The van der Waals surface area contributed by atoms with Crippen LogP contribution in [0.3, 0.4) is 0 Å². The molecule has 0 bridgehead atoms. The van der Waals surface area contributed by atoms with Gasteiger partial charge in [-0.1, -0.05) is 11.6 Å². The first-order valence-electron chi connectivity index (χ1n) is 7.99. The van der Waals surface area contributed by atoms with Crippen LogP contribution in [0.5, 0.6) is 11.8 Å². The number of hydrogen-bond donors (Lipinski definition) is 1. The molecule has 1 unspecified atom stereocenters. The summed E-state index contributed by atoms with van der Waals surface area (Å²) >= 11 is 6.00. The lowest BCUT2D eigenvalue weighted by atomic mass is 10.1. The minimum absolute atomic E-state index is 0.136. The van der Waals surface area contributed by atoms with E-state index in [1.165, 1.54) is 0 Å². The number of aromatic nitrogens is 2. The zero-order valence-electron chi connectivity index (χ0n) is 13.8. The van der Waals surface area contributed by atoms with Gasteiger partial charge in [-0.05, 0) is 37.1 Å². The molecule has 1 saturated heterocycles. The predicted octanol–water partition coefficient (Wildman–Crippen LogP) is 3.21. The second-order valence-electron chi connectivity index (χ2n) is 5.63. The zero-order valence-corrected chi connectivity index (χ0v) is 14.6. The van der Waals surface area contributed by atoms with Crippen LogP contribution in [0.4, 0.5) is 10.5 Å². The summed E-state index contributed by atoms with van der Waals surface area (Å²) in [5.41, 5.74) is 0.537. The number of methoxy groups -OCH3 is 1. The minimum Gasteiger partial charge on any atom is -0.495 e. The van der Waals surface area contributed by atoms with Gasteiger partial charge >= 0.3 is 12.0 Å². The molecule has 8 heteroatoms. The summed E-state index contributed by atoms with van der Waals surface area (Å²) < 4.78 is 11.0. The van der Waals surface area contributed by atoms with Crippen LogP contribution in [0.15, 0.2) is 36.7 Å². The lowest BCUT2D eigenvalue weighted by Gasteiger charge is -2.32. The number of nitrogens with one attached hydrogen (secondary N) is 1. The second-order valence-corrected chi connectivity index (χ2v) is 6.07. The van der Waals surface area contributed by atoms with Crippen molar-refractivity contribution in [2.24, 2.45) is 0 Å². The molecule has 1 aliphatic rings. The molecule has 1 aromatic carbocycles. The van der Waals surface area contributed by atoms with E-state index in [0.29, 0.717) is 35.6 Å². The average Bonchev–Trinajstić information content (AvgIpc) is 2.63. The van der Waals surface area contributed by atoms with Crippen LogP contribution < -0.4 is 14.8 Å². The van der Waals surface area contributed by atoms with E-state index in [4.69, 9.17) is 21.1 Å². The fraction of sp³-hybridized carbons (Fsp3) is 0.353. The van der Waals surface area contributed by atoms with Gasteiger partial charge in [0.05, 0.1) is 19.3 Å². The highest BCUT2D eigenvalue weighted by atomic mass is 35.5. The maximum absolute atomic E-state index is 12.6. The quantitative estimate of drug-likeness (QED) is 0.903. The Bertz CT molecular complexity index is 729. The van der Waals surface area contributed by atoms with E-state index < -0.39 is 0 Å². The van der Waals surface area contributed by atoms with E-state index in [2.05, 4.69) is 15.3 Å². The smallest absolute Gasteiger partial charge is 0.322 e. The Balaban J connectivity index is 1.63. The first-order valence-corrected chi connectivity index (χ1v) is 8.36. The number of nitrogens with zero attached hydrogens (tertiary/aromatic N) is 3. The molecule has 0 saturated carbocycles. The first-order chi connectivity index (χ1) is 12.2. The number of carbonyl (C=O) groups is 1. The molecule has 3 rings (SSSR count). The Labute approximate surface area is 150 Å². The number of rotatable bonds is 4. The molecule has 1 fully saturated rings. The Morgan fingerprint density at radius 1 is 1.36 bits per heavy atom. The topological polar surface area (TPSA) is 76.6 Å². The van der Waals surface area contributed by atoms with E-state index in [-0.39, 0.29) is 12.1 Å². The van der Waals surface area contributed by atoms with Crippen molar-refractivity contribution in [2.45, 2.75) is 18.9 Å². The maximum Gasteiger partial charge on any atom is 0.322 e. The van der Waals surface area contributed by atoms with Crippen LogP contribution in [0.1, 0.15) is 12.8 Å². The first kappa shape index (κ1) is 17.3. The van der Waals surface area contributed by atoms with Crippen molar-refractivity contribution in [1.82, 2.24) is 14.9 Å². The van der Waals surface area contributed by atoms with E-state index in [1.54, 1.807) is 48.7 Å². The zero-order chi connectivity index (χ0) is 17.6. The molecule has 2 heterocycles. The molecule has 7 nitrogen and oxygen atoms in total. The lowest BCUT2D eigenvalue weighted by molar-refractivity contribution is 0.0983. The van der Waals surface area contributed by atoms with Gasteiger partial charge in [0.15, 0.2) is 0 Å². The predicted molar refractivity (Wildman–Crippen MR) is 94.3 cm³/mol. The molecule has 0 radical (unpaired) electrons. The van der Waals surface area contributed by atoms with Gasteiger partial charge in [-0.25, -0.2) is 14.8 Å². The number of urea groups is 1. The van der Waals surface area contributed by atoms with Gasteiger partial charge in [0, 0.05) is 24.0 Å². The van der Waals surface area contributed by atoms with Gasteiger partial charge in [-0.2, -0.15) is 0 Å². The van der Waals surface area contributed by atoms with E-state index >= 15 is 0 Å². The largest absolute Gasteiger partial charge is 0.495 e. The van der Waals surface area contributed by atoms with Crippen LogP contribution in [0.2, 0.25) is 5.02 Å². The molecular weight excluding hydrogens is 344 g/mol. The van der Waals surface area contributed by atoms with Gasteiger partial charge in [0.25, 0.3) is 0 Å². The molecule has 1 aliphatic heterocycles. The van der Waals surface area contributed by atoms with E-state index in [1.807, 2.05) is 0 Å². The lowest BCUT2D eigenvalue weighted by Crippen LogP contribution is -2.46. The van der Waals surface area contributed by atoms with Crippen LogP contribution in [0.25, 0.3) is 0 Å². The van der Waals surface area contributed by atoms with Crippen molar-refractivity contribution < 1.29 is 14.3 Å². The highest BCUT2D eigenvalue weighted by Crippen LogP contribution is 2.28. The van der Waals surface area contributed by atoms with Crippen molar-refractivity contribution in [3.8, 4) is 11.8 Å². The molecule has 2 aromatic rings. The Morgan fingerprint density at radius 2 is 2.16 bits per heavy atom. The van der Waals surface area contributed by atoms with Crippen molar-refractivity contribution in [2.75, 3.05) is 25.5 Å². The minimum atomic E-state index is -0.220. The Morgan fingerprint density at radius 3 is 2.92 bits per heavy atom. The normalized spacial score (nSPS) is 17.0. The maximum atomic E-state index is 12.6. The number of hydrogen-bond acceptors (Lipinski definition) is 5. The van der Waals surface area contributed by atoms with Gasteiger partial charge in [0.2, 0.25) is 0 Å². The van der Waals surface area contributed by atoms with Crippen LogP contribution in [-0.2, 0) is 0 Å². The van der Waals surface area contributed by atoms with Crippen molar-refractivity contribution in [3.05, 3.63) is 41.7 Å². The summed E-state index contributed by atoms with van der Waals surface area (Å²) in [6, 6.07) is 6.92. The number of amides is 2. The number of halogens is 1. The van der Waals surface area contributed by atoms with Crippen LogP contribution in [0, 0.1) is 0 Å². The fourth-order valence-electron chi connectivity index (χ4n) is 2.69. The van der Waals surface area contributed by atoms with E-state index in [9.17, 15) is 4.79 Å². The molecule has 0 aliphatic carbocycles. The third-order valence-electron chi connectivity index (χ3n) is 3.88. The third-order valence-corrected chi connectivity index (χ3v) is 4.12. The van der Waals surface area contributed by atoms with Gasteiger partial charge < -0.3 is 19.7 Å². The van der Waals surface area contributed by atoms with Crippen molar-refractivity contribution >= 4 is 23.3 Å². The highest BCUT2D eigenvalue weighted by molar-refractivity contribution is 6.31. The molecule has 0 spiro atoms. The number of ether oxygens (including phenoxy) is 2. The number of anilines is 1. The SMILES string of the molecule is COc1ccc(Cl)cc1NC(=O)N1CCCC(Oc2ncccn2)C1. The van der Waals surface area contributed by atoms with E-state index in [0.717, 1.165) is 12.8 Å². The van der Waals surface area contributed by atoms with Gasteiger partial charge in [-0.15, -0.1) is 0 Å². The van der Waals surface area contributed by atoms with Gasteiger partial charge in [-0.3, -0.25) is 0 Å². The van der Waals surface area contributed by atoms with Gasteiger partial charge in [0.1, 0.15) is 11.9 Å². The van der Waals surface area contributed by atoms with Crippen molar-refractivity contribution in [1.29, 1.82) is 0 Å². The number of carbonyl (C=O) groups excluding carboxylic acids is 1. The second kappa shape index (κ2) is 8.02. The molecule has 1 atom stereocenters. The number of likely N-dealkylation sites (tertiary alicyclic amines) is 1. The third kappa shape index (κ3) is 4.51. The fourth-order valence-corrected chi connectivity index (χ4v) is 2.86. The summed E-state index contributed by atoms with van der Waals surface area (Å²) in [7, 11) is 1.55. The molecule has 2 amide bonds. The highest BCUT2D eigenvalue weighted by Gasteiger charge is 2.26. The molecule has 25 heavy (non-hydrogen) atoms. The standard InChI is InChI=1S/C17H19ClN4O3/c1-24-15-6-5-12(18)10-14(15)21-17(23)22-9-2-4-13(11-22)25-16-19-7-3-8-20-16/h3,5-8,10,13H,2,4,9,11H2,1H3,(H,21,23). The summed E-state index contributed by atoms with van der Waals surface area (Å²) in [6.45, 7) is 1.12. The molecule has 1 N–H and O–H groups in total. The molecule has 1 aromatic heterocycles. The summed E-state index contributed by atoms with van der Waals surface area (Å²) in [5.74, 6) is 0.556. The summed E-state index contributed by atoms with van der Waals surface area (Å²) in [4.78, 5) is 22.4. The monoisotopic (exact) mass is 362 g/mol. The van der Waals surface area contributed by atoms with Crippen LogP contribution >= 0.6 is 11.6 Å². The van der Waals surface area contributed by atoms with Crippen LogP contribution in [-0.4, -0.2) is 47.2 Å². The Kier molecular flexibility index (Phi) is 5.55. The Hall–Kier alpha value is -2.54. The van der Waals surface area contributed by atoms with Crippen molar-refractivity contribution in [3.63, 3.8) is 0 Å². The average molecular weight is 363 g/mol. The number of piperidine rings is 1. The number of benzene rings is 1. The molecule has 132 valence electrons. The summed E-state index contributed by atoms with van der Waals surface area (Å²) in [6.07, 6.45) is 4.81. The molecular formula is C17H19ClN4O3.